The molecule has 0 atom stereocenters. The Bertz CT molecular complexity index is 735. The predicted molar refractivity (Wildman–Crippen MR) is 71.2 cm³/mol. The fourth-order valence-corrected chi connectivity index (χ4v) is 3.12. The molecule has 1 aromatic carbocycles. The first kappa shape index (κ1) is 13.2. The zero-order valence-corrected chi connectivity index (χ0v) is 11.3. The van der Waals surface area contributed by atoms with Gasteiger partial charge in [-0.3, -0.25) is 4.72 Å². The molecular weight excluding hydrogens is 264 g/mol. The van der Waals surface area contributed by atoms with Gasteiger partial charge in [0.25, 0.3) is 10.0 Å². The Labute approximate surface area is 111 Å². The van der Waals surface area contributed by atoms with Crippen LogP contribution in [0.3, 0.4) is 0 Å². The number of terminal acetylenes is 1. The highest BCUT2D eigenvalue weighted by molar-refractivity contribution is 7.92. The first-order valence-corrected chi connectivity index (χ1v) is 6.95. The summed E-state index contributed by atoms with van der Waals surface area (Å²) in [5.41, 5.74) is 1.31. The first-order chi connectivity index (χ1) is 8.94. The van der Waals surface area contributed by atoms with E-state index in [-0.39, 0.29) is 10.7 Å². The van der Waals surface area contributed by atoms with Crippen LogP contribution in [0.15, 0.2) is 33.7 Å². The third-order valence-electron chi connectivity index (χ3n) is 2.52. The number of rotatable bonds is 3. The van der Waals surface area contributed by atoms with Crippen molar-refractivity contribution in [2.75, 3.05) is 4.72 Å². The molecule has 0 unspecified atom stereocenters. The van der Waals surface area contributed by atoms with Gasteiger partial charge in [0.2, 0.25) is 0 Å². The van der Waals surface area contributed by atoms with E-state index in [1.54, 1.807) is 38.1 Å². The largest absolute Gasteiger partial charge is 0.360 e. The number of hydrogen-bond donors (Lipinski definition) is 1. The van der Waals surface area contributed by atoms with Gasteiger partial charge in [-0.25, -0.2) is 8.42 Å². The summed E-state index contributed by atoms with van der Waals surface area (Å²) < 4.78 is 31.8. The lowest BCUT2D eigenvalue weighted by atomic mass is 10.2. The van der Waals surface area contributed by atoms with Crippen molar-refractivity contribution in [1.82, 2.24) is 5.16 Å². The summed E-state index contributed by atoms with van der Waals surface area (Å²) in [6.07, 6.45) is 5.27. The SMILES string of the molecule is C#Cc1cccc(NS(=O)(=O)c2c(C)noc2C)c1. The monoisotopic (exact) mass is 276 g/mol. The van der Waals surface area contributed by atoms with Gasteiger partial charge in [-0.15, -0.1) is 6.42 Å². The number of aromatic nitrogens is 1. The third kappa shape index (κ3) is 2.61. The minimum atomic E-state index is -3.73. The molecule has 98 valence electrons. The average Bonchev–Trinajstić information content (AvgIpc) is 2.69. The number of anilines is 1. The second-order valence-corrected chi connectivity index (χ2v) is 5.60. The van der Waals surface area contributed by atoms with Gasteiger partial charge in [-0.05, 0) is 32.0 Å². The van der Waals surface area contributed by atoms with Crippen LogP contribution in [0.2, 0.25) is 0 Å². The molecule has 1 aromatic heterocycles. The van der Waals surface area contributed by atoms with Crippen molar-refractivity contribution in [3.8, 4) is 12.3 Å². The summed E-state index contributed by atoms with van der Waals surface area (Å²) in [5, 5.41) is 3.63. The summed E-state index contributed by atoms with van der Waals surface area (Å²) in [5.74, 6) is 2.69. The zero-order chi connectivity index (χ0) is 14.0. The van der Waals surface area contributed by atoms with E-state index < -0.39 is 10.0 Å². The van der Waals surface area contributed by atoms with Crippen LogP contribution >= 0.6 is 0 Å². The summed E-state index contributed by atoms with van der Waals surface area (Å²) >= 11 is 0. The highest BCUT2D eigenvalue weighted by Crippen LogP contribution is 2.22. The molecule has 6 heteroatoms. The molecule has 0 saturated heterocycles. The standard InChI is InChI=1S/C13H12N2O3S/c1-4-11-6-5-7-12(8-11)15-19(16,17)13-9(2)14-18-10(13)3/h1,5-8,15H,2-3H3. The fraction of sp³-hybridized carbons (Fsp3) is 0.154. The quantitative estimate of drug-likeness (QED) is 0.871. The maximum absolute atomic E-state index is 12.2. The van der Waals surface area contributed by atoms with Crippen molar-refractivity contribution in [2.45, 2.75) is 18.7 Å². The van der Waals surface area contributed by atoms with Crippen LogP contribution in [-0.4, -0.2) is 13.6 Å². The van der Waals surface area contributed by atoms with Crippen LogP contribution < -0.4 is 4.72 Å². The summed E-state index contributed by atoms with van der Waals surface area (Å²) in [7, 11) is -3.73. The van der Waals surface area contributed by atoms with Crippen LogP contribution in [0.5, 0.6) is 0 Å². The Morgan fingerprint density at radius 1 is 1.37 bits per heavy atom. The maximum Gasteiger partial charge on any atom is 0.267 e. The topological polar surface area (TPSA) is 72.2 Å². The normalized spacial score (nSPS) is 11.0. The van der Waals surface area contributed by atoms with Crippen LogP contribution in [0, 0.1) is 26.2 Å². The Morgan fingerprint density at radius 2 is 2.11 bits per heavy atom. The van der Waals surface area contributed by atoms with Crippen molar-refractivity contribution >= 4 is 15.7 Å². The highest BCUT2D eigenvalue weighted by Gasteiger charge is 2.24. The Kier molecular flexibility index (Phi) is 3.32. The number of nitrogens with one attached hydrogen (secondary N) is 1. The molecule has 19 heavy (non-hydrogen) atoms. The Balaban J connectivity index is 2.40. The lowest BCUT2D eigenvalue weighted by Crippen LogP contribution is -2.14. The summed E-state index contributed by atoms with van der Waals surface area (Å²) in [4.78, 5) is 0.0543. The minimum Gasteiger partial charge on any atom is -0.360 e. The number of aryl methyl sites for hydroxylation is 2. The highest BCUT2D eigenvalue weighted by atomic mass is 32.2. The van der Waals surface area contributed by atoms with Crippen molar-refractivity contribution in [3.63, 3.8) is 0 Å². The van der Waals surface area contributed by atoms with E-state index in [0.29, 0.717) is 16.9 Å². The van der Waals surface area contributed by atoms with Crippen molar-refractivity contribution in [3.05, 3.63) is 41.3 Å². The molecule has 1 heterocycles. The lowest BCUT2D eigenvalue weighted by molar-refractivity contribution is 0.390. The van der Waals surface area contributed by atoms with Crippen LogP contribution in [0.1, 0.15) is 17.0 Å². The second kappa shape index (κ2) is 4.78. The molecule has 0 fully saturated rings. The van der Waals surface area contributed by atoms with Gasteiger partial charge < -0.3 is 4.52 Å². The third-order valence-corrected chi connectivity index (χ3v) is 4.14. The van der Waals surface area contributed by atoms with E-state index in [1.807, 2.05) is 0 Å². The van der Waals surface area contributed by atoms with Gasteiger partial charge in [0.05, 0.1) is 5.69 Å². The fourth-order valence-electron chi connectivity index (χ4n) is 1.74. The maximum atomic E-state index is 12.2. The average molecular weight is 276 g/mol. The lowest BCUT2D eigenvalue weighted by Gasteiger charge is -2.07. The molecule has 0 aliphatic carbocycles. The van der Waals surface area contributed by atoms with Crippen LogP contribution in [-0.2, 0) is 10.0 Å². The van der Waals surface area contributed by atoms with Crippen molar-refractivity contribution < 1.29 is 12.9 Å². The van der Waals surface area contributed by atoms with Gasteiger partial charge >= 0.3 is 0 Å². The number of benzene rings is 1. The number of sulfonamides is 1. The van der Waals surface area contributed by atoms with Gasteiger partial charge in [0.15, 0.2) is 10.7 Å². The van der Waals surface area contributed by atoms with Gasteiger partial charge in [-0.2, -0.15) is 0 Å². The smallest absolute Gasteiger partial charge is 0.267 e. The molecule has 0 aliphatic heterocycles. The molecule has 0 aliphatic rings. The van der Waals surface area contributed by atoms with E-state index in [0.717, 1.165) is 0 Å². The van der Waals surface area contributed by atoms with Crippen molar-refractivity contribution in [2.24, 2.45) is 0 Å². The second-order valence-electron chi connectivity index (χ2n) is 3.98. The molecule has 5 nitrogen and oxygen atoms in total. The van der Waals surface area contributed by atoms with Gasteiger partial charge in [-0.1, -0.05) is 17.1 Å². The van der Waals surface area contributed by atoms with E-state index >= 15 is 0 Å². The number of hydrogen-bond acceptors (Lipinski definition) is 4. The molecule has 0 bridgehead atoms. The predicted octanol–water partition coefficient (Wildman–Crippen LogP) is 2.07. The van der Waals surface area contributed by atoms with E-state index in [4.69, 9.17) is 10.9 Å². The summed E-state index contributed by atoms with van der Waals surface area (Å²) in [6, 6.07) is 6.60. The molecule has 2 rings (SSSR count). The van der Waals surface area contributed by atoms with Crippen LogP contribution in [0.4, 0.5) is 5.69 Å². The van der Waals surface area contributed by atoms with E-state index in [9.17, 15) is 8.42 Å². The minimum absolute atomic E-state index is 0.0543. The van der Waals surface area contributed by atoms with Gasteiger partial charge in [0, 0.05) is 5.56 Å². The summed E-state index contributed by atoms with van der Waals surface area (Å²) in [6.45, 7) is 3.12. The number of nitrogens with zero attached hydrogens (tertiary/aromatic N) is 1. The first-order valence-electron chi connectivity index (χ1n) is 5.46. The molecule has 0 radical (unpaired) electrons. The Morgan fingerprint density at radius 3 is 2.68 bits per heavy atom. The molecule has 0 spiro atoms. The van der Waals surface area contributed by atoms with Gasteiger partial charge in [0.1, 0.15) is 5.69 Å². The molecule has 0 amide bonds. The molecule has 1 N–H and O–H groups in total. The molecular formula is C13H12N2O3S. The molecule has 0 saturated carbocycles. The molecule has 2 aromatic rings. The van der Waals surface area contributed by atoms with E-state index in [1.165, 1.54) is 0 Å². The van der Waals surface area contributed by atoms with Crippen molar-refractivity contribution in [1.29, 1.82) is 0 Å². The Hall–Kier alpha value is -2.26. The van der Waals surface area contributed by atoms with E-state index in [2.05, 4.69) is 15.8 Å². The zero-order valence-electron chi connectivity index (χ0n) is 10.5. The van der Waals surface area contributed by atoms with Crippen LogP contribution in [0.25, 0.3) is 0 Å².